The Labute approximate surface area is 104 Å². The molecule has 0 radical (unpaired) electrons. The molecule has 0 spiro atoms. The highest BCUT2D eigenvalue weighted by atomic mass is 32.1. The Balaban J connectivity index is 2.20. The molecule has 16 heavy (non-hydrogen) atoms. The lowest BCUT2D eigenvalue weighted by molar-refractivity contribution is 0.119. The summed E-state index contributed by atoms with van der Waals surface area (Å²) < 4.78 is 0. The fourth-order valence-electron chi connectivity index (χ4n) is 2.90. The normalized spacial score (nSPS) is 38.9. The Kier molecular flexibility index (Phi) is 3.58. The van der Waals surface area contributed by atoms with Crippen LogP contribution in [0.5, 0.6) is 0 Å². The number of allylic oxidation sites excluding steroid dienone is 1. The third-order valence-electron chi connectivity index (χ3n) is 4.07. The van der Waals surface area contributed by atoms with E-state index in [1.165, 1.54) is 18.6 Å². The molecule has 0 aromatic heterocycles. The Morgan fingerprint density at radius 2 is 2.19 bits per heavy atom. The van der Waals surface area contributed by atoms with Gasteiger partial charge in [0.15, 0.2) is 0 Å². The van der Waals surface area contributed by atoms with Gasteiger partial charge in [0.2, 0.25) is 0 Å². The Morgan fingerprint density at radius 3 is 2.81 bits per heavy atom. The second-order valence-corrected chi connectivity index (χ2v) is 5.78. The van der Waals surface area contributed by atoms with Crippen molar-refractivity contribution in [3.63, 3.8) is 0 Å². The van der Waals surface area contributed by atoms with Gasteiger partial charge < -0.3 is 0 Å². The van der Waals surface area contributed by atoms with Gasteiger partial charge in [-0.15, -0.1) is 12.6 Å². The predicted molar refractivity (Wildman–Crippen MR) is 73.9 cm³/mol. The minimum absolute atomic E-state index is 0.777. The molecule has 1 nitrogen and oxygen atoms in total. The number of fused-ring (bicyclic) bond motifs is 1. The van der Waals surface area contributed by atoms with Crippen LogP contribution in [0.1, 0.15) is 39.5 Å². The lowest BCUT2D eigenvalue weighted by Crippen LogP contribution is -2.32. The summed E-state index contributed by atoms with van der Waals surface area (Å²) in [6, 6.07) is 0. The average Bonchev–Trinajstić information content (AvgIpc) is 2.19. The number of hydrogen-bond donors (Lipinski definition) is 1. The Morgan fingerprint density at radius 1 is 1.44 bits per heavy atom. The van der Waals surface area contributed by atoms with Crippen molar-refractivity contribution in [2.24, 2.45) is 22.7 Å². The minimum atomic E-state index is 0.777. The van der Waals surface area contributed by atoms with Crippen LogP contribution in [0.15, 0.2) is 28.2 Å². The summed E-state index contributed by atoms with van der Waals surface area (Å²) in [6.07, 6.45) is 7.23. The van der Waals surface area contributed by atoms with E-state index < -0.39 is 0 Å². The molecule has 0 N–H and O–H groups in total. The maximum absolute atomic E-state index is 4.54. The summed E-state index contributed by atoms with van der Waals surface area (Å²) in [5, 5.41) is 0. The summed E-state index contributed by atoms with van der Waals surface area (Å²) in [5.74, 6) is 2.54. The molecule has 3 atom stereocenters. The molecule has 2 heteroatoms. The first-order valence-corrected chi connectivity index (χ1v) is 6.65. The highest BCUT2D eigenvalue weighted by Crippen LogP contribution is 2.43. The number of thiol groups is 1. The maximum Gasteiger partial charge on any atom is 0.0687 e. The minimum Gasteiger partial charge on any atom is -0.258 e. The molecular weight excluding hydrogens is 214 g/mol. The zero-order valence-electron chi connectivity index (χ0n) is 10.2. The molecule has 2 rings (SSSR count). The molecule has 1 saturated carbocycles. The molecule has 1 heterocycles. The van der Waals surface area contributed by atoms with Crippen LogP contribution in [0.2, 0.25) is 0 Å². The van der Waals surface area contributed by atoms with Crippen LogP contribution in [-0.2, 0) is 0 Å². The molecule has 2 aliphatic rings. The highest BCUT2D eigenvalue weighted by molar-refractivity contribution is 7.84. The second kappa shape index (κ2) is 4.79. The molecule has 3 unspecified atom stereocenters. The predicted octanol–water partition coefficient (Wildman–Crippen LogP) is 4.23. The summed E-state index contributed by atoms with van der Waals surface area (Å²) in [5.41, 5.74) is 2.04. The van der Waals surface area contributed by atoms with E-state index in [2.05, 4.69) is 44.1 Å². The lowest BCUT2D eigenvalue weighted by Gasteiger charge is -2.41. The quantitative estimate of drug-likeness (QED) is 0.603. The van der Waals surface area contributed by atoms with E-state index in [1.807, 2.05) is 0 Å². The zero-order chi connectivity index (χ0) is 11.7. The van der Waals surface area contributed by atoms with Crippen molar-refractivity contribution < 1.29 is 0 Å². The lowest BCUT2D eigenvalue weighted by atomic mass is 9.65. The third-order valence-corrected chi connectivity index (χ3v) is 4.51. The van der Waals surface area contributed by atoms with Crippen molar-refractivity contribution in [2.45, 2.75) is 39.5 Å². The van der Waals surface area contributed by atoms with Gasteiger partial charge >= 0.3 is 0 Å². The van der Waals surface area contributed by atoms with Crippen LogP contribution in [0.4, 0.5) is 0 Å². The number of hydrogen-bond acceptors (Lipinski definition) is 2. The SMILES string of the molecule is C=C1N=C(C)CC2CCC2C(C)C/C=C\1S. The van der Waals surface area contributed by atoms with Crippen LogP contribution in [-0.4, -0.2) is 5.71 Å². The van der Waals surface area contributed by atoms with Crippen molar-refractivity contribution >= 4 is 18.3 Å². The number of aliphatic imine (C=N–C) groups is 1. The molecule has 88 valence electrons. The van der Waals surface area contributed by atoms with Crippen molar-refractivity contribution in [1.29, 1.82) is 0 Å². The topological polar surface area (TPSA) is 12.4 Å². The van der Waals surface area contributed by atoms with Crippen molar-refractivity contribution in [1.82, 2.24) is 0 Å². The summed E-state index contributed by atoms with van der Waals surface area (Å²) >= 11 is 4.46. The molecule has 0 aromatic rings. The van der Waals surface area contributed by atoms with E-state index in [1.54, 1.807) is 0 Å². The summed E-state index contributed by atoms with van der Waals surface area (Å²) in [7, 11) is 0. The van der Waals surface area contributed by atoms with Gasteiger partial charge in [-0.2, -0.15) is 0 Å². The maximum atomic E-state index is 4.54. The van der Waals surface area contributed by atoms with Crippen molar-refractivity contribution in [3.8, 4) is 0 Å². The summed E-state index contributed by atoms with van der Waals surface area (Å²) in [4.78, 5) is 5.49. The number of nitrogens with zero attached hydrogens (tertiary/aromatic N) is 1. The first-order chi connectivity index (χ1) is 7.58. The van der Waals surface area contributed by atoms with Gasteiger partial charge in [0, 0.05) is 10.6 Å². The van der Waals surface area contributed by atoms with E-state index in [9.17, 15) is 0 Å². The largest absolute Gasteiger partial charge is 0.258 e. The Bertz CT molecular complexity index is 354. The van der Waals surface area contributed by atoms with E-state index >= 15 is 0 Å². The van der Waals surface area contributed by atoms with Crippen LogP contribution in [0.25, 0.3) is 0 Å². The third kappa shape index (κ3) is 2.42. The van der Waals surface area contributed by atoms with Crippen LogP contribution < -0.4 is 0 Å². The van der Waals surface area contributed by atoms with Gasteiger partial charge in [-0.25, -0.2) is 0 Å². The fourth-order valence-corrected chi connectivity index (χ4v) is 3.06. The standard InChI is InChI=1S/C14H21NS/c1-9-4-7-14(16)11(3)15-10(2)8-12-5-6-13(9)12/h7,9,12-13,16H,3-6,8H2,1-2H3/b14-7+,15-10?. The molecule has 0 bridgehead atoms. The van der Waals surface area contributed by atoms with Crippen LogP contribution >= 0.6 is 12.6 Å². The van der Waals surface area contributed by atoms with E-state index in [0.29, 0.717) is 0 Å². The first-order valence-electron chi connectivity index (χ1n) is 6.20. The molecular formula is C14H21NS. The smallest absolute Gasteiger partial charge is 0.0687 e. The zero-order valence-corrected chi connectivity index (χ0v) is 11.1. The van der Waals surface area contributed by atoms with E-state index in [4.69, 9.17) is 0 Å². The summed E-state index contributed by atoms with van der Waals surface area (Å²) in [6.45, 7) is 8.46. The van der Waals surface area contributed by atoms with Gasteiger partial charge in [-0.3, -0.25) is 4.99 Å². The molecule has 1 fully saturated rings. The van der Waals surface area contributed by atoms with Gasteiger partial charge in [0.05, 0.1) is 5.70 Å². The average molecular weight is 235 g/mol. The van der Waals surface area contributed by atoms with E-state index in [0.717, 1.165) is 41.2 Å². The monoisotopic (exact) mass is 235 g/mol. The van der Waals surface area contributed by atoms with Gasteiger partial charge in [-0.1, -0.05) is 19.6 Å². The molecule has 0 aromatic carbocycles. The molecule has 0 saturated heterocycles. The second-order valence-electron chi connectivity index (χ2n) is 5.30. The van der Waals surface area contributed by atoms with Crippen LogP contribution in [0.3, 0.4) is 0 Å². The molecule has 1 aliphatic carbocycles. The van der Waals surface area contributed by atoms with Gasteiger partial charge in [0.1, 0.15) is 0 Å². The van der Waals surface area contributed by atoms with Gasteiger partial charge in [-0.05, 0) is 50.4 Å². The first kappa shape index (κ1) is 12.0. The molecule has 0 amide bonds. The highest BCUT2D eigenvalue weighted by Gasteiger charge is 2.34. The van der Waals surface area contributed by atoms with Crippen molar-refractivity contribution in [2.75, 3.05) is 0 Å². The van der Waals surface area contributed by atoms with E-state index in [-0.39, 0.29) is 0 Å². The molecule has 1 aliphatic heterocycles. The van der Waals surface area contributed by atoms with Crippen molar-refractivity contribution in [3.05, 3.63) is 23.3 Å². The Hall–Kier alpha value is -0.500. The van der Waals surface area contributed by atoms with Crippen LogP contribution in [0, 0.1) is 17.8 Å². The van der Waals surface area contributed by atoms with Gasteiger partial charge in [0.25, 0.3) is 0 Å². The fraction of sp³-hybridized carbons (Fsp3) is 0.643. The number of rotatable bonds is 0.